The number of fused-ring (bicyclic) bond motifs is 1. The van der Waals surface area contributed by atoms with Gasteiger partial charge in [-0.25, -0.2) is 9.50 Å². The molecular formula is C19H19N3O2. The minimum Gasteiger partial charge on any atom is -0.493 e. The smallest absolute Gasteiger partial charge is 0.198 e. The third-order valence-corrected chi connectivity index (χ3v) is 4.43. The second-order valence-corrected chi connectivity index (χ2v) is 6.12. The van der Waals surface area contributed by atoms with Gasteiger partial charge < -0.3 is 4.74 Å². The van der Waals surface area contributed by atoms with Gasteiger partial charge in [-0.2, -0.15) is 5.10 Å². The number of ketones is 1. The molecule has 24 heavy (non-hydrogen) atoms. The van der Waals surface area contributed by atoms with Crippen molar-refractivity contribution in [2.45, 2.75) is 32.1 Å². The summed E-state index contributed by atoms with van der Waals surface area (Å²) in [5, 5.41) is 4.69. The predicted octanol–water partition coefficient (Wildman–Crippen LogP) is 3.88. The lowest BCUT2D eigenvalue weighted by Gasteiger charge is -2.08. The number of carbonyl (C=O) groups is 1. The maximum Gasteiger partial charge on any atom is 0.198 e. The molecule has 2 aromatic heterocycles. The predicted molar refractivity (Wildman–Crippen MR) is 91.6 cm³/mol. The van der Waals surface area contributed by atoms with Gasteiger partial charge >= 0.3 is 0 Å². The first-order chi connectivity index (χ1) is 11.7. The fourth-order valence-electron chi connectivity index (χ4n) is 2.90. The molecule has 1 aliphatic rings. The number of hydrogen-bond acceptors (Lipinski definition) is 4. The molecule has 5 nitrogen and oxygen atoms in total. The van der Waals surface area contributed by atoms with E-state index in [9.17, 15) is 4.79 Å². The lowest BCUT2D eigenvalue weighted by molar-refractivity contribution is 0.0988. The summed E-state index contributed by atoms with van der Waals surface area (Å²) < 4.78 is 7.27. The minimum atomic E-state index is 0.138. The summed E-state index contributed by atoms with van der Waals surface area (Å²) in [4.78, 5) is 16.7. The van der Waals surface area contributed by atoms with E-state index in [2.05, 4.69) is 4.98 Å². The van der Waals surface area contributed by atoms with Crippen LogP contribution in [0.25, 0.3) is 16.9 Å². The number of rotatable bonds is 5. The number of carbonyl (C=O) groups excluding carboxylic acids is 1. The molecule has 122 valence electrons. The molecule has 0 atom stereocenters. The number of pyridine rings is 1. The Labute approximate surface area is 140 Å². The number of ether oxygens (including phenoxy) is 1. The Morgan fingerprint density at radius 1 is 1.29 bits per heavy atom. The van der Waals surface area contributed by atoms with Crippen LogP contribution in [-0.2, 0) is 0 Å². The normalized spacial score (nSPS) is 14.1. The number of aromatic nitrogens is 3. The van der Waals surface area contributed by atoms with Crippen molar-refractivity contribution in [3.8, 4) is 17.0 Å². The molecule has 2 heterocycles. The zero-order valence-electron chi connectivity index (χ0n) is 13.8. The molecule has 0 N–H and O–H groups in total. The minimum absolute atomic E-state index is 0.138. The Morgan fingerprint density at radius 3 is 2.83 bits per heavy atom. The number of Topliss-reactive ketones (excluding diaryl/α,β-unsaturated/α-hetero) is 1. The average molecular weight is 321 g/mol. The summed E-state index contributed by atoms with van der Waals surface area (Å²) in [5.41, 5.74) is 3.32. The molecule has 0 aliphatic heterocycles. The van der Waals surface area contributed by atoms with Crippen LogP contribution >= 0.6 is 0 Å². The molecule has 3 aromatic rings. The van der Waals surface area contributed by atoms with Gasteiger partial charge in [0.05, 0.1) is 12.8 Å². The molecule has 1 saturated carbocycles. The van der Waals surface area contributed by atoms with Crippen molar-refractivity contribution < 1.29 is 9.53 Å². The topological polar surface area (TPSA) is 56.5 Å². The Morgan fingerprint density at radius 2 is 2.12 bits per heavy atom. The van der Waals surface area contributed by atoms with Crippen LogP contribution in [0.15, 0.2) is 36.4 Å². The van der Waals surface area contributed by atoms with Crippen molar-refractivity contribution in [1.29, 1.82) is 0 Å². The number of nitrogens with zero attached hydrogens (tertiary/aromatic N) is 3. The fraction of sp³-hybridized carbons (Fsp3) is 0.316. The second kappa shape index (κ2) is 5.74. The third-order valence-electron chi connectivity index (χ3n) is 4.43. The van der Waals surface area contributed by atoms with E-state index < -0.39 is 0 Å². The first-order valence-corrected chi connectivity index (χ1v) is 8.28. The van der Waals surface area contributed by atoms with E-state index in [1.54, 1.807) is 7.11 Å². The lowest BCUT2D eigenvalue weighted by Crippen LogP contribution is -2.00. The van der Waals surface area contributed by atoms with Gasteiger partial charge in [0.1, 0.15) is 0 Å². The Hall–Kier alpha value is -2.69. The molecule has 1 fully saturated rings. The first-order valence-electron chi connectivity index (χ1n) is 8.28. The summed E-state index contributed by atoms with van der Waals surface area (Å²) in [6.45, 7) is 1.87. The van der Waals surface area contributed by atoms with Gasteiger partial charge in [-0.3, -0.25) is 4.79 Å². The van der Waals surface area contributed by atoms with Crippen LogP contribution < -0.4 is 4.74 Å². The maximum atomic E-state index is 12.0. The monoisotopic (exact) mass is 321 g/mol. The van der Waals surface area contributed by atoms with E-state index >= 15 is 0 Å². The van der Waals surface area contributed by atoms with Gasteiger partial charge in [0.25, 0.3) is 0 Å². The highest BCUT2D eigenvalue weighted by Crippen LogP contribution is 2.39. The van der Waals surface area contributed by atoms with Crippen LogP contribution in [-0.4, -0.2) is 27.5 Å². The van der Waals surface area contributed by atoms with Crippen LogP contribution in [0.1, 0.15) is 48.3 Å². The number of methoxy groups -OCH3 is 1. The quantitative estimate of drug-likeness (QED) is 0.669. The first kappa shape index (κ1) is 14.9. The van der Waals surface area contributed by atoms with Crippen molar-refractivity contribution in [1.82, 2.24) is 14.6 Å². The van der Waals surface area contributed by atoms with Crippen LogP contribution in [0.3, 0.4) is 0 Å². The van der Waals surface area contributed by atoms with Crippen molar-refractivity contribution >= 4 is 11.4 Å². The second-order valence-electron chi connectivity index (χ2n) is 6.12. The molecule has 4 rings (SSSR count). The standard InChI is InChI=1S/C19H19N3O2/c1-3-16(23)14-6-4-5-13(11-14)15-9-10-17(24-2)19-20-18(12-7-8-12)21-22(15)19/h4-6,9-12H,3,7-8H2,1-2H3. The molecule has 0 spiro atoms. The Balaban J connectivity index is 1.89. The lowest BCUT2D eigenvalue weighted by atomic mass is 10.0. The van der Waals surface area contributed by atoms with E-state index in [0.29, 0.717) is 18.1 Å². The zero-order chi connectivity index (χ0) is 16.7. The average Bonchev–Trinajstić information content (AvgIpc) is 3.38. The molecule has 0 bridgehead atoms. The SMILES string of the molecule is CCC(=O)c1cccc(-c2ccc(OC)c3nc(C4CC4)nn23)c1. The summed E-state index contributed by atoms with van der Waals surface area (Å²) in [5.74, 6) is 2.19. The largest absolute Gasteiger partial charge is 0.493 e. The van der Waals surface area contributed by atoms with Crippen molar-refractivity contribution in [2.75, 3.05) is 7.11 Å². The van der Waals surface area contributed by atoms with E-state index in [-0.39, 0.29) is 5.78 Å². The fourth-order valence-corrected chi connectivity index (χ4v) is 2.90. The molecule has 0 amide bonds. The van der Waals surface area contributed by atoms with Crippen molar-refractivity contribution in [3.05, 3.63) is 47.8 Å². The van der Waals surface area contributed by atoms with Gasteiger partial charge in [-0.05, 0) is 31.0 Å². The van der Waals surface area contributed by atoms with Crippen LogP contribution in [0.4, 0.5) is 0 Å². The zero-order valence-corrected chi connectivity index (χ0v) is 13.8. The number of hydrogen-bond donors (Lipinski definition) is 0. The molecule has 0 unspecified atom stereocenters. The van der Waals surface area contributed by atoms with Crippen LogP contribution in [0.2, 0.25) is 0 Å². The van der Waals surface area contributed by atoms with Crippen LogP contribution in [0, 0.1) is 0 Å². The highest BCUT2D eigenvalue weighted by molar-refractivity contribution is 5.96. The van der Waals surface area contributed by atoms with E-state index in [0.717, 1.165) is 41.1 Å². The molecular weight excluding hydrogens is 302 g/mol. The Bertz CT molecular complexity index is 926. The van der Waals surface area contributed by atoms with Gasteiger partial charge in [0.2, 0.25) is 0 Å². The highest BCUT2D eigenvalue weighted by Gasteiger charge is 2.29. The molecule has 1 aromatic carbocycles. The molecule has 1 aliphatic carbocycles. The summed E-state index contributed by atoms with van der Waals surface area (Å²) in [6.07, 6.45) is 2.79. The van der Waals surface area contributed by atoms with Gasteiger partial charge in [0.15, 0.2) is 23.0 Å². The van der Waals surface area contributed by atoms with Gasteiger partial charge in [-0.15, -0.1) is 0 Å². The van der Waals surface area contributed by atoms with E-state index in [4.69, 9.17) is 9.84 Å². The molecule has 0 radical (unpaired) electrons. The maximum absolute atomic E-state index is 12.0. The third kappa shape index (κ3) is 2.46. The van der Waals surface area contributed by atoms with E-state index in [1.807, 2.05) is 47.8 Å². The molecule has 5 heteroatoms. The highest BCUT2D eigenvalue weighted by atomic mass is 16.5. The van der Waals surface area contributed by atoms with Gasteiger partial charge in [0, 0.05) is 23.5 Å². The van der Waals surface area contributed by atoms with E-state index in [1.165, 1.54) is 0 Å². The summed E-state index contributed by atoms with van der Waals surface area (Å²) in [7, 11) is 1.64. The van der Waals surface area contributed by atoms with Crippen molar-refractivity contribution in [2.24, 2.45) is 0 Å². The molecule has 0 saturated heterocycles. The summed E-state index contributed by atoms with van der Waals surface area (Å²) >= 11 is 0. The number of benzene rings is 1. The Kier molecular flexibility index (Phi) is 3.56. The summed E-state index contributed by atoms with van der Waals surface area (Å²) in [6, 6.07) is 11.6. The van der Waals surface area contributed by atoms with Crippen molar-refractivity contribution in [3.63, 3.8) is 0 Å². The van der Waals surface area contributed by atoms with Gasteiger partial charge in [-0.1, -0.05) is 25.1 Å². The van der Waals surface area contributed by atoms with Crippen LogP contribution in [0.5, 0.6) is 5.75 Å².